The van der Waals surface area contributed by atoms with Crippen LogP contribution in [0.1, 0.15) is 22.3 Å². The van der Waals surface area contributed by atoms with E-state index < -0.39 is 0 Å². The third kappa shape index (κ3) is 5.87. The Bertz CT molecular complexity index is 1760. The van der Waals surface area contributed by atoms with E-state index in [9.17, 15) is 0 Å². The summed E-state index contributed by atoms with van der Waals surface area (Å²) in [7, 11) is 11.3. The Morgan fingerprint density at radius 2 is 0.667 bits per heavy atom. The summed E-state index contributed by atoms with van der Waals surface area (Å²) < 4.78 is 0. The van der Waals surface area contributed by atoms with Gasteiger partial charge in [-0.15, -0.1) is 0 Å². The van der Waals surface area contributed by atoms with Crippen LogP contribution >= 0.6 is 0 Å². The molecule has 0 saturated carbocycles. The molecule has 0 amide bonds. The predicted molar refractivity (Wildman–Crippen MR) is 178 cm³/mol. The van der Waals surface area contributed by atoms with Crippen LogP contribution in [0.2, 0.25) is 0 Å². The van der Waals surface area contributed by atoms with E-state index in [-0.39, 0.29) is 0 Å². The Labute approximate surface area is 249 Å². The Balaban J connectivity index is 1.40. The van der Waals surface area contributed by atoms with Gasteiger partial charge in [0.2, 0.25) is 0 Å². The molecule has 0 bridgehead atoms. The quantitative estimate of drug-likeness (QED) is 0.199. The summed E-state index contributed by atoms with van der Waals surface area (Å²) >= 11 is 0. The van der Waals surface area contributed by atoms with Crippen LogP contribution in [0.3, 0.4) is 0 Å². The number of benzene rings is 5. The molecule has 5 aromatic carbocycles. The van der Waals surface area contributed by atoms with Crippen molar-refractivity contribution in [1.82, 2.24) is 15.0 Å². The van der Waals surface area contributed by atoms with E-state index in [1.54, 1.807) is 11.9 Å². The van der Waals surface area contributed by atoms with Gasteiger partial charge in [0.05, 0.1) is 0 Å². The normalized spacial score (nSPS) is 10.8. The van der Waals surface area contributed by atoms with E-state index >= 15 is 0 Å². The standard InChI is InChI=1S/C37H27B2N3/c1-24-19-25(2)21-34(20-24)37-41-35(32-15-11-30(12-16-32)28-7-3-26(22-38)4-8-28)40-36(42-37)33-17-13-31(14-18-33)29-9-5-27(23-39)6-10-29/h3-23H,1-2H3. The Kier molecular flexibility index (Phi) is 7.66. The van der Waals surface area contributed by atoms with Crippen LogP contribution in [0.5, 0.6) is 0 Å². The van der Waals surface area contributed by atoms with Crippen molar-refractivity contribution in [2.75, 3.05) is 0 Å². The molecule has 5 heteroatoms. The number of aryl methyl sites for hydroxylation is 2. The van der Waals surface area contributed by atoms with Gasteiger partial charge in [-0.05, 0) is 26.0 Å². The van der Waals surface area contributed by atoms with Crippen LogP contribution in [0.25, 0.3) is 56.4 Å². The average molecular weight is 535 g/mol. The summed E-state index contributed by atoms with van der Waals surface area (Å²) in [5, 5.41) is 0. The van der Waals surface area contributed by atoms with Crippen LogP contribution in [0, 0.1) is 13.8 Å². The molecule has 0 saturated heterocycles. The molecule has 0 aliphatic carbocycles. The molecule has 0 aliphatic rings. The second-order valence-electron chi connectivity index (χ2n) is 10.4. The van der Waals surface area contributed by atoms with Gasteiger partial charge in [0.15, 0.2) is 0 Å². The second kappa shape index (κ2) is 11.8. The zero-order valence-electron chi connectivity index (χ0n) is 23.6. The van der Waals surface area contributed by atoms with Crippen molar-refractivity contribution >= 4 is 26.9 Å². The molecular formula is C37H27B2N3. The van der Waals surface area contributed by atoms with Crippen LogP contribution in [-0.2, 0) is 0 Å². The first-order valence-corrected chi connectivity index (χ1v) is 13.9. The molecule has 0 aliphatic heterocycles. The van der Waals surface area contributed by atoms with Crippen molar-refractivity contribution in [3.8, 4) is 56.4 Å². The molecule has 42 heavy (non-hydrogen) atoms. The van der Waals surface area contributed by atoms with Crippen LogP contribution < -0.4 is 0 Å². The van der Waals surface area contributed by atoms with E-state index in [0.717, 1.165) is 50.1 Å². The topological polar surface area (TPSA) is 38.7 Å². The second-order valence-corrected chi connectivity index (χ2v) is 10.4. The molecule has 0 atom stereocenters. The van der Waals surface area contributed by atoms with Gasteiger partial charge in [0, 0.05) is 5.56 Å². The zero-order valence-corrected chi connectivity index (χ0v) is 23.6. The van der Waals surface area contributed by atoms with Gasteiger partial charge in [-0.3, -0.25) is 0 Å². The molecule has 2 radical (unpaired) electrons. The van der Waals surface area contributed by atoms with Gasteiger partial charge in [-0.1, -0.05) is 17.2 Å². The Hall–Kier alpha value is -5.02. The van der Waals surface area contributed by atoms with Crippen molar-refractivity contribution < 1.29 is 0 Å². The first-order chi connectivity index (χ1) is 20.5. The summed E-state index contributed by atoms with van der Waals surface area (Å²) in [6, 6.07) is 39.4. The third-order valence-corrected chi connectivity index (χ3v) is 7.27. The van der Waals surface area contributed by atoms with Crippen molar-refractivity contribution in [2.45, 2.75) is 13.8 Å². The number of aromatic nitrogens is 3. The molecule has 1 aromatic heterocycles. The molecule has 3 nitrogen and oxygen atoms in total. The van der Waals surface area contributed by atoms with Gasteiger partial charge in [0.25, 0.3) is 0 Å². The summed E-state index contributed by atoms with van der Waals surface area (Å²) in [4.78, 5) is 14.8. The summed E-state index contributed by atoms with van der Waals surface area (Å²) in [5.74, 6) is 5.12. The van der Waals surface area contributed by atoms with E-state index in [4.69, 9.17) is 29.9 Å². The fourth-order valence-corrected chi connectivity index (χ4v) is 5.06. The molecule has 0 unspecified atom stereocenters. The first-order valence-electron chi connectivity index (χ1n) is 13.9. The molecule has 196 valence electrons. The first kappa shape index (κ1) is 27.2. The molecule has 0 spiro atoms. The van der Waals surface area contributed by atoms with Gasteiger partial charge < -0.3 is 0 Å². The van der Waals surface area contributed by atoms with Crippen molar-refractivity contribution in [3.05, 3.63) is 138 Å². The van der Waals surface area contributed by atoms with E-state index in [0.29, 0.717) is 17.5 Å². The van der Waals surface area contributed by atoms with Gasteiger partial charge in [0.1, 0.15) is 0 Å². The van der Waals surface area contributed by atoms with Gasteiger partial charge in [-0.25, -0.2) is 0 Å². The van der Waals surface area contributed by atoms with Crippen LogP contribution in [0.15, 0.2) is 115 Å². The van der Waals surface area contributed by atoms with Crippen LogP contribution in [0.4, 0.5) is 0 Å². The maximum absolute atomic E-state index is 5.64. The molecule has 0 fully saturated rings. The van der Waals surface area contributed by atoms with Crippen molar-refractivity contribution in [3.63, 3.8) is 0 Å². The summed E-state index contributed by atoms with van der Waals surface area (Å²) in [6.07, 6.45) is 0. The average Bonchev–Trinajstić information content (AvgIpc) is 3.04. The van der Waals surface area contributed by atoms with E-state index in [2.05, 4.69) is 105 Å². The van der Waals surface area contributed by atoms with E-state index in [1.165, 1.54) is 11.1 Å². The Morgan fingerprint density at radius 3 is 1.00 bits per heavy atom. The van der Waals surface area contributed by atoms with Gasteiger partial charge >= 0.3 is 201 Å². The molecule has 0 N–H and O–H groups in total. The Morgan fingerprint density at radius 1 is 0.381 bits per heavy atom. The maximum atomic E-state index is 5.64. The molecule has 6 rings (SSSR count). The number of rotatable bonds is 7. The fraction of sp³-hybridized carbons (Fsp3) is 0.0541. The summed E-state index contributed by atoms with van der Waals surface area (Å²) in [6.45, 7) is 4.18. The zero-order chi connectivity index (χ0) is 29.1. The van der Waals surface area contributed by atoms with Crippen LogP contribution in [-0.4, -0.2) is 41.9 Å². The molecule has 6 aromatic rings. The van der Waals surface area contributed by atoms with Gasteiger partial charge in [-0.2, -0.15) is 0 Å². The SMILES string of the molecule is [B]=Cc1ccc(-c2ccc(-c3nc(-c4ccc(-c5ccc(C=[B])cc5)cc4)nc(-c4cc(C)cc(C)c4)n3)cc2)cc1. The fourth-order valence-electron chi connectivity index (χ4n) is 5.06. The number of nitrogens with zero attached hydrogens (tertiary/aromatic N) is 3. The summed E-state index contributed by atoms with van der Waals surface area (Å²) in [5.41, 5.74) is 11.6. The minimum absolute atomic E-state index is 0.631. The predicted octanol–water partition coefficient (Wildman–Crippen LogP) is 7.46. The number of hydrogen-bond donors (Lipinski definition) is 0. The third-order valence-electron chi connectivity index (χ3n) is 7.27. The van der Waals surface area contributed by atoms with Crippen molar-refractivity contribution in [1.29, 1.82) is 0 Å². The molecule has 1 heterocycles. The number of hydrogen-bond acceptors (Lipinski definition) is 3. The van der Waals surface area contributed by atoms with E-state index in [1.807, 2.05) is 24.3 Å². The molecular weight excluding hydrogens is 508 g/mol. The minimum atomic E-state index is 0.631. The monoisotopic (exact) mass is 535 g/mol. The van der Waals surface area contributed by atoms with Crippen molar-refractivity contribution in [2.24, 2.45) is 0 Å².